The molecule has 2 bridgehead atoms. The second-order valence-corrected chi connectivity index (χ2v) is 9.30. The molecule has 2 N–H and O–H groups in total. The highest BCUT2D eigenvalue weighted by Crippen LogP contribution is 2.47. The fraction of sp³-hybridized carbons (Fsp3) is 0.591. The summed E-state index contributed by atoms with van der Waals surface area (Å²) in [5, 5.41) is 12.7. The molecule has 1 aromatic rings. The predicted molar refractivity (Wildman–Crippen MR) is 108 cm³/mol. The second-order valence-electron chi connectivity index (χ2n) is 9.30. The highest BCUT2D eigenvalue weighted by molar-refractivity contribution is 6.00. The third kappa shape index (κ3) is 3.58. The van der Waals surface area contributed by atoms with Crippen LogP contribution in [0, 0.1) is 18.3 Å². The summed E-state index contributed by atoms with van der Waals surface area (Å²) in [5.74, 6) is -0.835. The van der Waals surface area contributed by atoms with Crippen LogP contribution in [0.25, 0.3) is 0 Å². The van der Waals surface area contributed by atoms with Crippen molar-refractivity contribution in [2.45, 2.75) is 58.5 Å². The van der Waals surface area contributed by atoms with Crippen LogP contribution < -0.4 is 10.1 Å². The van der Waals surface area contributed by atoms with E-state index in [4.69, 9.17) is 4.74 Å². The lowest BCUT2D eigenvalue weighted by Crippen LogP contribution is -2.61. The molecule has 7 heteroatoms. The first-order valence-corrected chi connectivity index (χ1v) is 10.0. The van der Waals surface area contributed by atoms with Gasteiger partial charge in [-0.2, -0.15) is 0 Å². The maximum absolute atomic E-state index is 13.5. The fourth-order valence-electron chi connectivity index (χ4n) is 4.66. The highest BCUT2D eigenvalue weighted by atomic mass is 16.5. The lowest BCUT2D eigenvalue weighted by molar-refractivity contribution is -0.159. The number of carboxylic acids is 1. The molecule has 158 valence electrons. The molecule has 2 aliphatic rings. The van der Waals surface area contributed by atoms with Crippen molar-refractivity contribution in [3.8, 4) is 5.75 Å². The number of aliphatic carboxylic acids is 1. The van der Waals surface area contributed by atoms with Gasteiger partial charge in [-0.1, -0.05) is 26.8 Å². The summed E-state index contributed by atoms with van der Waals surface area (Å²) in [5.41, 5.74) is -0.597. The second kappa shape index (κ2) is 7.35. The highest BCUT2D eigenvalue weighted by Gasteiger charge is 2.59. The summed E-state index contributed by atoms with van der Waals surface area (Å²) in [7, 11) is 1.54. The van der Waals surface area contributed by atoms with Crippen molar-refractivity contribution in [1.82, 2.24) is 10.2 Å². The number of ether oxygens (including phenoxy) is 1. The van der Waals surface area contributed by atoms with Crippen molar-refractivity contribution in [2.75, 3.05) is 13.7 Å². The topological polar surface area (TPSA) is 95.9 Å². The van der Waals surface area contributed by atoms with Crippen molar-refractivity contribution in [1.29, 1.82) is 0 Å². The maximum atomic E-state index is 13.5. The molecule has 1 aliphatic carbocycles. The number of carbonyl (C=O) groups excluding carboxylic acids is 2. The monoisotopic (exact) mass is 402 g/mol. The van der Waals surface area contributed by atoms with Crippen molar-refractivity contribution in [3.63, 3.8) is 0 Å². The number of carbonyl (C=O) groups is 3. The average molecular weight is 402 g/mol. The molecule has 1 aliphatic heterocycles. The molecule has 1 aromatic carbocycles. The van der Waals surface area contributed by atoms with Gasteiger partial charge in [-0.3, -0.25) is 9.59 Å². The molecule has 1 heterocycles. The lowest BCUT2D eigenvalue weighted by atomic mass is 9.84. The van der Waals surface area contributed by atoms with Gasteiger partial charge < -0.3 is 20.1 Å². The standard InChI is InChI=1S/C22H30N2O5/c1-13-15(7-6-8-16(13)29-5)18(25)23-17(21(2,3)4)19(26)24-12-14-9-10-22(24,11-14)20(27)28/h6-8,14,17H,9-12H2,1-5H3,(H,23,25)(H,27,28)/t14-,17-,22+/m1/s1. The SMILES string of the molecule is COc1cccc(C(=O)N[C@H](C(=O)N2C[C@@H]3CC[C@@]2(C(=O)O)C3)C(C)(C)C)c1C. The fourth-order valence-corrected chi connectivity index (χ4v) is 4.66. The number of benzene rings is 1. The van der Waals surface area contributed by atoms with E-state index in [2.05, 4.69) is 5.32 Å². The van der Waals surface area contributed by atoms with E-state index in [1.54, 1.807) is 32.2 Å². The first kappa shape index (κ1) is 21.1. The van der Waals surface area contributed by atoms with Crippen LogP contribution in [-0.2, 0) is 9.59 Å². The third-order valence-corrected chi connectivity index (χ3v) is 6.35. The Morgan fingerprint density at radius 1 is 1.31 bits per heavy atom. The van der Waals surface area contributed by atoms with Crippen LogP contribution in [0.15, 0.2) is 18.2 Å². The van der Waals surface area contributed by atoms with E-state index in [-0.39, 0.29) is 17.7 Å². The van der Waals surface area contributed by atoms with Gasteiger partial charge in [0.25, 0.3) is 5.91 Å². The average Bonchev–Trinajstić information content (AvgIpc) is 3.25. The number of likely N-dealkylation sites (tertiary alicyclic amines) is 1. The Morgan fingerprint density at radius 3 is 2.55 bits per heavy atom. The van der Waals surface area contributed by atoms with Crippen molar-refractivity contribution < 1.29 is 24.2 Å². The predicted octanol–water partition coefficient (Wildman–Crippen LogP) is 2.61. The molecule has 2 fully saturated rings. The minimum absolute atomic E-state index is 0.215. The van der Waals surface area contributed by atoms with E-state index >= 15 is 0 Å². The van der Waals surface area contributed by atoms with Crippen LogP contribution in [0.4, 0.5) is 0 Å². The van der Waals surface area contributed by atoms with Crippen molar-refractivity contribution >= 4 is 17.8 Å². The first-order chi connectivity index (χ1) is 13.5. The summed E-state index contributed by atoms with van der Waals surface area (Å²) in [4.78, 5) is 40.0. The van der Waals surface area contributed by atoms with Crippen LogP contribution in [0.2, 0.25) is 0 Å². The minimum atomic E-state index is -1.14. The number of hydrogen-bond donors (Lipinski definition) is 2. The summed E-state index contributed by atoms with van der Waals surface area (Å²) in [6, 6.07) is 4.36. The Balaban J connectivity index is 1.89. The number of fused-ring (bicyclic) bond motifs is 2. The molecule has 7 nitrogen and oxygen atoms in total. The molecule has 0 radical (unpaired) electrons. The zero-order valence-corrected chi connectivity index (χ0v) is 17.7. The molecule has 0 aromatic heterocycles. The van der Waals surface area contributed by atoms with Crippen LogP contribution in [0.1, 0.15) is 56.0 Å². The van der Waals surface area contributed by atoms with Crippen LogP contribution in [0.5, 0.6) is 5.75 Å². The normalized spacial score (nSPS) is 24.3. The molecule has 1 saturated heterocycles. The molecule has 0 spiro atoms. The molecule has 2 amide bonds. The largest absolute Gasteiger partial charge is 0.496 e. The number of methoxy groups -OCH3 is 1. The van der Waals surface area contributed by atoms with Gasteiger partial charge in [0, 0.05) is 17.7 Å². The number of piperidine rings is 1. The van der Waals surface area contributed by atoms with Gasteiger partial charge in [-0.05, 0) is 49.7 Å². The number of nitrogens with one attached hydrogen (secondary N) is 1. The van der Waals surface area contributed by atoms with Gasteiger partial charge in [-0.15, -0.1) is 0 Å². The molecule has 3 atom stereocenters. The van der Waals surface area contributed by atoms with Gasteiger partial charge in [0.1, 0.15) is 17.3 Å². The smallest absolute Gasteiger partial charge is 0.329 e. The van der Waals surface area contributed by atoms with Crippen molar-refractivity contribution in [3.05, 3.63) is 29.3 Å². The number of rotatable bonds is 5. The van der Waals surface area contributed by atoms with Gasteiger partial charge in [0.05, 0.1) is 7.11 Å². The number of amides is 2. The first-order valence-electron chi connectivity index (χ1n) is 10.0. The maximum Gasteiger partial charge on any atom is 0.329 e. The summed E-state index contributed by atoms with van der Waals surface area (Å²) in [6.45, 7) is 7.84. The molecule has 0 unspecified atom stereocenters. The minimum Gasteiger partial charge on any atom is -0.496 e. The van der Waals surface area contributed by atoms with E-state index in [1.807, 2.05) is 20.8 Å². The molecular formula is C22H30N2O5. The molecular weight excluding hydrogens is 372 g/mol. The van der Waals surface area contributed by atoms with E-state index in [9.17, 15) is 19.5 Å². The zero-order valence-electron chi connectivity index (χ0n) is 17.7. The van der Waals surface area contributed by atoms with Gasteiger partial charge in [0.2, 0.25) is 5.91 Å². The quantitative estimate of drug-likeness (QED) is 0.789. The third-order valence-electron chi connectivity index (χ3n) is 6.35. The van der Waals surface area contributed by atoms with E-state index < -0.39 is 23.0 Å². The molecule has 29 heavy (non-hydrogen) atoms. The van der Waals surface area contributed by atoms with Gasteiger partial charge in [0.15, 0.2) is 0 Å². The Morgan fingerprint density at radius 2 is 2.00 bits per heavy atom. The summed E-state index contributed by atoms with van der Waals surface area (Å²) < 4.78 is 5.29. The number of carboxylic acid groups (broad SMARTS) is 1. The number of hydrogen-bond acceptors (Lipinski definition) is 4. The van der Waals surface area contributed by atoms with Crippen LogP contribution >= 0.6 is 0 Å². The van der Waals surface area contributed by atoms with E-state index in [0.29, 0.717) is 36.3 Å². The van der Waals surface area contributed by atoms with Crippen molar-refractivity contribution in [2.24, 2.45) is 11.3 Å². The van der Waals surface area contributed by atoms with Gasteiger partial charge >= 0.3 is 5.97 Å². The Labute approximate surface area is 171 Å². The van der Waals surface area contributed by atoms with E-state index in [0.717, 1.165) is 6.42 Å². The Hall–Kier alpha value is -2.57. The van der Waals surface area contributed by atoms with Crippen LogP contribution in [0.3, 0.4) is 0 Å². The van der Waals surface area contributed by atoms with Gasteiger partial charge in [-0.25, -0.2) is 4.79 Å². The van der Waals surface area contributed by atoms with Crippen LogP contribution in [-0.4, -0.2) is 53.0 Å². The summed E-state index contributed by atoms with van der Waals surface area (Å²) in [6.07, 6.45) is 1.79. The Bertz CT molecular complexity index is 844. The molecule has 1 saturated carbocycles. The van der Waals surface area contributed by atoms with E-state index in [1.165, 1.54) is 4.90 Å². The Kier molecular flexibility index (Phi) is 5.36. The lowest BCUT2D eigenvalue weighted by Gasteiger charge is -2.40. The number of nitrogens with zero attached hydrogens (tertiary/aromatic N) is 1. The zero-order chi connectivity index (χ0) is 21.6. The summed E-state index contributed by atoms with van der Waals surface area (Å²) >= 11 is 0. The molecule has 3 rings (SSSR count).